The summed E-state index contributed by atoms with van der Waals surface area (Å²) in [6, 6.07) is 2.10. The number of carbonyl (C=O) groups is 1. The lowest BCUT2D eigenvalue weighted by molar-refractivity contribution is -0.132. The Bertz CT molecular complexity index is 642. The lowest BCUT2D eigenvalue weighted by Gasteiger charge is -2.33. The number of carbonyl (C=O) groups excluding carboxylic acids is 1. The summed E-state index contributed by atoms with van der Waals surface area (Å²) in [6.45, 7) is 1.86. The third kappa shape index (κ3) is 2.47. The lowest BCUT2D eigenvalue weighted by atomic mass is 10.2. The summed E-state index contributed by atoms with van der Waals surface area (Å²) in [5.41, 5.74) is 1.90. The van der Waals surface area contributed by atoms with Crippen LogP contribution < -0.4 is 10.2 Å². The molecular weight excluding hydrogens is 371 g/mol. The van der Waals surface area contributed by atoms with Crippen LogP contribution >= 0.6 is 22.6 Å². The van der Waals surface area contributed by atoms with E-state index in [1.165, 1.54) is 0 Å². The number of amides is 1. The number of pyridine rings is 1. The standard InChI is InChI=1S/C13H15IN4O2/c1-15-13(19)11-7-18(2-3-20-11)8-4-9-10(14)6-17-12(9)16-5-8/h4-6,11H,2-3,7H2,1H3,(H,15,19)(H,16,17). The summed E-state index contributed by atoms with van der Waals surface area (Å²) < 4.78 is 6.64. The number of anilines is 1. The van der Waals surface area contributed by atoms with E-state index in [4.69, 9.17) is 4.74 Å². The number of likely N-dealkylation sites (N-methyl/N-ethyl adjacent to an activating group) is 1. The van der Waals surface area contributed by atoms with Gasteiger partial charge in [0.05, 0.1) is 25.0 Å². The maximum atomic E-state index is 11.7. The van der Waals surface area contributed by atoms with Crippen molar-refractivity contribution in [3.63, 3.8) is 0 Å². The van der Waals surface area contributed by atoms with Gasteiger partial charge in [-0.25, -0.2) is 4.98 Å². The van der Waals surface area contributed by atoms with Gasteiger partial charge in [-0.05, 0) is 28.7 Å². The van der Waals surface area contributed by atoms with Crippen molar-refractivity contribution in [1.82, 2.24) is 15.3 Å². The summed E-state index contributed by atoms with van der Waals surface area (Å²) in [7, 11) is 1.63. The zero-order valence-corrected chi connectivity index (χ0v) is 13.2. The van der Waals surface area contributed by atoms with E-state index in [-0.39, 0.29) is 5.91 Å². The Kier molecular flexibility index (Phi) is 3.79. The zero-order chi connectivity index (χ0) is 14.1. The third-order valence-electron chi connectivity index (χ3n) is 3.44. The largest absolute Gasteiger partial charge is 0.365 e. The minimum absolute atomic E-state index is 0.0834. The number of halogens is 1. The Balaban J connectivity index is 1.86. The number of aromatic nitrogens is 2. The average molecular weight is 386 g/mol. The molecule has 2 aromatic rings. The lowest BCUT2D eigenvalue weighted by Crippen LogP contribution is -2.49. The van der Waals surface area contributed by atoms with Crippen LogP contribution in [0.5, 0.6) is 0 Å². The van der Waals surface area contributed by atoms with Crippen LogP contribution in [0.15, 0.2) is 18.5 Å². The number of morpholine rings is 1. The highest BCUT2D eigenvalue weighted by atomic mass is 127. The van der Waals surface area contributed by atoms with Gasteiger partial charge in [0.2, 0.25) is 0 Å². The molecule has 106 valence electrons. The van der Waals surface area contributed by atoms with Gasteiger partial charge < -0.3 is 19.9 Å². The molecule has 2 aromatic heterocycles. The molecule has 7 heteroatoms. The van der Waals surface area contributed by atoms with E-state index in [0.717, 1.165) is 26.8 Å². The van der Waals surface area contributed by atoms with E-state index in [1.807, 2.05) is 12.4 Å². The van der Waals surface area contributed by atoms with Crippen molar-refractivity contribution in [2.75, 3.05) is 31.6 Å². The van der Waals surface area contributed by atoms with Gasteiger partial charge in [-0.3, -0.25) is 4.79 Å². The van der Waals surface area contributed by atoms with Gasteiger partial charge in [0.1, 0.15) is 5.65 Å². The Hall–Kier alpha value is -1.35. The molecule has 1 saturated heterocycles. The van der Waals surface area contributed by atoms with Gasteiger partial charge in [0.25, 0.3) is 5.91 Å². The number of aromatic amines is 1. The molecule has 0 aromatic carbocycles. The predicted molar refractivity (Wildman–Crippen MR) is 84.8 cm³/mol. The quantitative estimate of drug-likeness (QED) is 0.760. The van der Waals surface area contributed by atoms with Crippen molar-refractivity contribution in [2.24, 2.45) is 0 Å². The van der Waals surface area contributed by atoms with E-state index >= 15 is 0 Å². The van der Waals surface area contributed by atoms with Crippen molar-refractivity contribution in [2.45, 2.75) is 6.10 Å². The van der Waals surface area contributed by atoms with E-state index in [1.54, 1.807) is 7.05 Å². The molecule has 1 amide bonds. The summed E-state index contributed by atoms with van der Waals surface area (Å²) in [4.78, 5) is 21.4. The fourth-order valence-corrected chi connectivity index (χ4v) is 2.90. The first kappa shape index (κ1) is 13.6. The highest BCUT2D eigenvalue weighted by Crippen LogP contribution is 2.24. The number of H-pyrrole nitrogens is 1. The summed E-state index contributed by atoms with van der Waals surface area (Å²) in [5.74, 6) is -0.0834. The van der Waals surface area contributed by atoms with E-state index in [2.05, 4.69) is 48.8 Å². The number of ether oxygens (including phenoxy) is 1. The van der Waals surface area contributed by atoms with E-state index in [9.17, 15) is 4.79 Å². The molecule has 3 rings (SSSR count). The second kappa shape index (κ2) is 5.57. The van der Waals surface area contributed by atoms with Gasteiger partial charge in [0, 0.05) is 28.7 Å². The van der Waals surface area contributed by atoms with Crippen LogP contribution in [-0.4, -0.2) is 48.7 Å². The topological polar surface area (TPSA) is 70.2 Å². The molecule has 1 atom stereocenters. The van der Waals surface area contributed by atoms with Gasteiger partial charge >= 0.3 is 0 Å². The van der Waals surface area contributed by atoms with Crippen LogP contribution in [0.25, 0.3) is 11.0 Å². The maximum absolute atomic E-state index is 11.7. The molecule has 0 bridgehead atoms. The molecule has 1 unspecified atom stereocenters. The fraction of sp³-hybridized carbons (Fsp3) is 0.385. The number of fused-ring (bicyclic) bond motifs is 1. The second-order valence-electron chi connectivity index (χ2n) is 4.65. The highest BCUT2D eigenvalue weighted by Gasteiger charge is 2.26. The van der Waals surface area contributed by atoms with Crippen molar-refractivity contribution in [3.05, 3.63) is 22.0 Å². The Morgan fingerprint density at radius 3 is 3.30 bits per heavy atom. The van der Waals surface area contributed by atoms with Crippen LogP contribution in [0, 0.1) is 3.57 Å². The summed E-state index contributed by atoms with van der Waals surface area (Å²) in [5, 5.41) is 3.73. The SMILES string of the molecule is CNC(=O)C1CN(c2cnc3[nH]cc(I)c3c2)CCO1. The molecule has 1 aliphatic rings. The number of hydrogen-bond donors (Lipinski definition) is 2. The average Bonchev–Trinajstić information content (AvgIpc) is 2.87. The fourth-order valence-electron chi connectivity index (χ4n) is 2.34. The number of nitrogens with zero attached hydrogens (tertiary/aromatic N) is 2. The Morgan fingerprint density at radius 1 is 1.65 bits per heavy atom. The van der Waals surface area contributed by atoms with Gasteiger partial charge in [-0.2, -0.15) is 0 Å². The smallest absolute Gasteiger partial charge is 0.250 e. The molecule has 1 aliphatic heterocycles. The van der Waals surface area contributed by atoms with Crippen LogP contribution in [0.1, 0.15) is 0 Å². The monoisotopic (exact) mass is 386 g/mol. The molecule has 6 nitrogen and oxygen atoms in total. The molecule has 0 radical (unpaired) electrons. The van der Waals surface area contributed by atoms with E-state index in [0.29, 0.717) is 13.2 Å². The number of rotatable bonds is 2. The van der Waals surface area contributed by atoms with Crippen LogP contribution in [0.4, 0.5) is 5.69 Å². The summed E-state index contributed by atoms with van der Waals surface area (Å²) >= 11 is 2.28. The molecular formula is C13H15IN4O2. The molecule has 0 aliphatic carbocycles. The highest BCUT2D eigenvalue weighted by molar-refractivity contribution is 14.1. The van der Waals surface area contributed by atoms with Gasteiger partial charge in [-0.1, -0.05) is 0 Å². The molecule has 1 fully saturated rings. The maximum Gasteiger partial charge on any atom is 0.250 e. The Morgan fingerprint density at radius 2 is 2.50 bits per heavy atom. The van der Waals surface area contributed by atoms with Crippen LogP contribution in [-0.2, 0) is 9.53 Å². The normalized spacial score (nSPS) is 19.3. The van der Waals surface area contributed by atoms with E-state index < -0.39 is 6.10 Å². The first-order valence-electron chi connectivity index (χ1n) is 6.40. The zero-order valence-electron chi connectivity index (χ0n) is 11.0. The third-order valence-corrected chi connectivity index (χ3v) is 4.33. The summed E-state index contributed by atoms with van der Waals surface area (Å²) in [6.07, 6.45) is 3.35. The van der Waals surface area contributed by atoms with Crippen molar-refractivity contribution in [1.29, 1.82) is 0 Å². The predicted octanol–water partition coefficient (Wildman–Crippen LogP) is 1.12. The van der Waals surface area contributed by atoms with Crippen molar-refractivity contribution >= 4 is 45.2 Å². The minimum Gasteiger partial charge on any atom is -0.365 e. The molecule has 0 spiro atoms. The Labute approximate surface area is 130 Å². The number of hydrogen-bond acceptors (Lipinski definition) is 4. The van der Waals surface area contributed by atoms with Gasteiger partial charge in [0.15, 0.2) is 6.10 Å². The molecule has 2 N–H and O–H groups in total. The second-order valence-corrected chi connectivity index (χ2v) is 5.81. The van der Waals surface area contributed by atoms with Crippen LogP contribution in [0.2, 0.25) is 0 Å². The first-order chi connectivity index (χ1) is 9.69. The molecule has 0 saturated carbocycles. The molecule has 20 heavy (non-hydrogen) atoms. The van der Waals surface area contributed by atoms with Gasteiger partial charge in [-0.15, -0.1) is 0 Å². The molecule has 3 heterocycles. The van der Waals surface area contributed by atoms with Crippen molar-refractivity contribution in [3.8, 4) is 0 Å². The van der Waals surface area contributed by atoms with Crippen molar-refractivity contribution < 1.29 is 9.53 Å². The number of nitrogens with one attached hydrogen (secondary N) is 2. The minimum atomic E-state index is -0.422. The first-order valence-corrected chi connectivity index (χ1v) is 7.47. The van der Waals surface area contributed by atoms with Crippen LogP contribution in [0.3, 0.4) is 0 Å².